The Hall–Kier alpha value is -4.39. The molecule has 0 spiro atoms. The number of halogens is 1. The monoisotopic (exact) mass is 634 g/mol. The number of carbonyl (C=O) groups excluding carboxylic acids is 1. The second-order valence-electron chi connectivity index (χ2n) is 11.6. The third-order valence-corrected chi connectivity index (χ3v) is 8.69. The van der Waals surface area contributed by atoms with Crippen molar-refractivity contribution in [3.63, 3.8) is 0 Å². The molecule has 1 saturated heterocycles. The number of nitriles is 1. The van der Waals surface area contributed by atoms with Gasteiger partial charge in [-0.1, -0.05) is 48.4 Å². The van der Waals surface area contributed by atoms with Crippen molar-refractivity contribution >= 4 is 35.3 Å². The minimum atomic E-state index is -0.330. The van der Waals surface area contributed by atoms with Crippen LogP contribution >= 0.6 is 11.6 Å². The molecule has 0 bridgehead atoms. The fourth-order valence-corrected chi connectivity index (χ4v) is 5.99. The molecule has 4 aromatic rings. The lowest BCUT2D eigenvalue weighted by molar-refractivity contribution is 0.102. The molecule has 0 saturated carbocycles. The first-order valence-corrected chi connectivity index (χ1v) is 16.0. The first-order valence-electron chi connectivity index (χ1n) is 15.6. The normalized spacial score (nSPS) is 13.5. The third kappa shape index (κ3) is 8.06. The van der Waals surface area contributed by atoms with E-state index < -0.39 is 0 Å². The Morgan fingerprint density at radius 3 is 2.63 bits per heavy atom. The predicted molar refractivity (Wildman–Crippen MR) is 184 cm³/mol. The van der Waals surface area contributed by atoms with E-state index in [0.29, 0.717) is 35.1 Å². The van der Waals surface area contributed by atoms with E-state index in [2.05, 4.69) is 50.6 Å². The van der Waals surface area contributed by atoms with Crippen LogP contribution in [0.3, 0.4) is 0 Å². The fourth-order valence-electron chi connectivity index (χ4n) is 5.74. The Morgan fingerprint density at radius 2 is 1.89 bits per heavy atom. The van der Waals surface area contributed by atoms with Crippen LogP contribution in [0.1, 0.15) is 68.8 Å². The molecule has 9 heteroatoms. The number of anilines is 1. The van der Waals surface area contributed by atoms with E-state index in [4.69, 9.17) is 16.7 Å². The maximum absolute atomic E-state index is 13.0. The molecule has 0 radical (unpaired) electrons. The number of rotatable bonds is 11. The summed E-state index contributed by atoms with van der Waals surface area (Å²) in [6.07, 6.45) is 10.9. The number of amides is 1. The highest BCUT2D eigenvalue weighted by Crippen LogP contribution is 2.33. The molecule has 1 aliphatic heterocycles. The number of likely N-dealkylation sites (tertiary alicyclic amines) is 1. The van der Waals surface area contributed by atoms with Gasteiger partial charge in [0.15, 0.2) is 0 Å². The molecule has 1 amide bonds. The maximum atomic E-state index is 13.0. The summed E-state index contributed by atoms with van der Waals surface area (Å²) in [6, 6.07) is 17.5. The Morgan fingerprint density at radius 1 is 1.07 bits per heavy atom. The Balaban J connectivity index is 1.35. The molecule has 8 nitrogen and oxygen atoms in total. The van der Waals surface area contributed by atoms with Crippen molar-refractivity contribution in [2.24, 2.45) is 0 Å². The van der Waals surface area contributed by atoms with Gasteiger partial charge in [0, 0.05) is 48.3 Å². The van der Waals surface area contributed by atoms with Gasteiger partial charge in [0.1, 0.15) is 11.8 Å². The summed E-state index contributed by atoms with van der Waals surface area (Å²) in [5.74, 6) is -0.330. The second-order valence-corrected chi connectivity index (χ2v) is 12.0. The highest BCUT2D eigenvalue weighted by atomic mass is 35.5. The van der Waals surface area contributed by atoms with Gasteiger partial charge in [-0.05, 0) is 104 Å². The van der Waals surface area contributed by atoms with Gasteiger partial charge in [-0.3, -0.25) is 19.7 Å². The summed E-state index contributed by atoms with van der Waals surface area (Å²) in [7, 11) is 0. The van der Waals surface area contributed by atoms with Gasteiger partial charge in [0.05, 0.1) is 17.9 Å². The molecule has 3 heterocycles. The molecule has 0 unspecified atom stereocenters. The van der Waals surface area contributed by atoms with Gasteiger partial charge in [-0.2, -0.15) is 5.26 Å². The lowest BCUT2D eigenvalue weighted by Crippen LogP contribution is -2.29. The number of hydrogen-bond acceptors (Lipinski definition) is 7. The molecule has 1 fully saturated rings. The van der Waals surface area contributed by atoms with Crippen LogP contribution < -0.4 is 10.6 Å². The zero-order valence-electron chi connectivity index (χ0n) is 26.3. The molecule has 1 aliphatic rings. The average molecular weight is 635 g/mol. The Bertz CT molecular complexity index is 1760. The Kier molecular flexibility index (Phi) is 11.3. The molecule has 0 atom stereocenters. The highest BCUT2D eigenvalue weighted by Gasteiger charge is 2.17. The minimum absolute atomic E-state index is 0.0573. The number of nitrogens with one attached hydrogen (secondary N) is 2. The van der Waals surface area contributed by atoms with Crippen LogP contribution in [-0.2, 0) is 13.1 Å². The largest absolute Gasteiger partial charge is 0.395 e. The van der Waals surface area contributed by atoms with Crippen LogP contribution in [-0.4, -0.2) is 52.1 Å². The number of aliphatic hydroxyl groups excluding tert-OH is 1. The number of piperidine rings is 1. The molecule has 0 aliphatic carbocycles. The van der Waals surface area contributed by atoms with Crippen molar-refractivity contribution < 1.29 is 9.90 Å². The summed E-state index contributed by atoms with van der Waals surface area (Å²) in [6.45, 7) is 8.29. The molecule has 46 heavy (non-hydrogen) atoms. The number of pyridine rings is 2. The number of nitrogens with zero attached hydrogens (tertiary/aromatic N) is 4. The van der Waals surface area contributed by atoms with Crippen molar-refractivity contribution in [1.29, 1.82) is 5.26 Å². The van der Waals surface area contributed by atoms with E-state index >= 15 is 0 Å². The number of aryl methyl sites for hydroxylation is 1. The Labute approximate surface area is 275 Å². The summed E-state index contributed by atoms with van der Waals surface area (Å²) >= 11 is 6.74. The third-order valence-electron chi connectivity index (χ3n) is 8.36. The van der Waals surface area contributed by atoms with Gasteiger partial charge in [-0.25, -0.2) is 0 Å². The number of aromatic nitrogens is 2. The zero-order chi connectivity index (χ0) is 32.5. The fraction of sp³-hybridized carbons (Fsp3) is 0.297. The van der Waals surface area contributed by atoms with E-state index in [0.717, 1.165) is 47.5 Å². The number of benzene rings is 2. The molecular formula is C37H39ClN6O2. The van der Waals surface area contributed by atoms with Crippen LogP contribution in [0.4, 0.5) is 5.69 Å². The molecular weight excluding hydrogens is 596 g/mol. The summed E-state index contributed by atoms with van der Waals surface area (Å²) in [5.41, 5.74) is 8.48. The number of carbonyl (C=O) groups is 1. The summed E-state index contributed by atoms with van der Waals surface area (Å²) < 4.78 is 0. The standard InChI is InChI=1S/C37H39ClN6O2/c1-25-19-28(33(38)20-29(25)24-44-16-4-3-5-17-44)10-12-35-32(21-39)31(13-14-41-35)30-7-6-8-34(26(30)2)43-37(46)36-11-9-27(23-42-36)22-40-15-18-45/h6-14,19-20,23,40,45H,3-5,15-18,22,24H2,1-2H3,(H,43,46)/b12-10+. The first kappa shape index (κ1) is 33.0. The van der Waals surface area contributed by atoms with Crippen molar-refractivity contribution in [3.8, 4) is 17.2 Å². The van der Waals surface area contributed by atoms with Crippen LogP contribution in [0.2, 0.25) is 5.02 Å². The molecule has 3 N–H and O–H groups in total. The highest BCUT2D eigenvalue weighted by molar-refractivity contribution is 6.32. The van der Waals surface area contributed by atoms with Gasteiger partial charge in [0.2, 0.25) is 0 Å². The van der Waals surface area contributed by atoms with Gasteiger partial charge >= 0.3 is 0 Å². The molecule has 5 rings (SSSR count). The van der Waals surface area contributed by atoms with Gasteiger partial charge in [-0.15, -0.1) is 0 Å². The molecule has 2 aromatic heterocycles. The minimum Gasteiger partial charge on any atom is -0.395 e. The smallest absolute Gasteiger partial charge is 0.274 e. The van der Waals surface area contributed by atoms with Crippen LogP contribution in [0, 0.1) is 25.2 Å². The average Bonchev–Trinajstić information content (AvgIpc) is 3.07. The van der Waals surface area contributed by atoms with E-state index in [-0.39, 0.29) is 18.2 Å². The SMILES string of the molecule is Cc1cc(/C=C/c2nccc(-c3cccc(NC(=O)c4ccc(CNCCO)cn4)c3C)c2C#N)c(Cl)cc1CN1CCCCC1. The lowest BCUT2D eigenvalue weighted by Gasteiger charge is -2.27. The molecule has 2 aromatic carbocycles. The second kappa shape index (κ2) is 15.7. The number of aliphatic hydroxyl groups is 1. The zero-order valence-corrected chi connectivity index (χ0v) is 27.1. The van der Waals surface area contributed by atoms with Crippen LogP contribution in [0.5, 0.6) is 0 Å². The summed E-state index contributed by atoms with van der Waals surface area (Å²) in [4.78, 5) is 24.4. The van der Waals surface area contributed by atoms with Gasteiger partial charge < -0.3 is 15.7 Å². The van der Waals surface area contributed by atoms with Crippen molar-refractivity contribution in [2.45, 2.75) is 46.2 Å². The predicted octanol–water partition coefficient (Wildman–Crippen LogP) is 6.78. The van der Waals surface area contributed by atoms with Crippen LogP contribution in [0.25, 0.3) is 23.3 Å². The van der Waals surface area contributed by atoms with Crippen molar-refractivity contribution in [2.75, 3.05) is 31.6 Å². The van der Waals surface area contributed by atoms with Crippen molar-refractivity contribution in [3.05, 3.63) is 111 Å². The summed E-state index contributed by atoms with van der Waals surface area (Å²) in [5, 5.41) is 25.9. The maximum Gasteiger partial charge on any atom is 0.274 e. The van der Waals surface area contributed by atoms with E-state index in [1.54, 1.807) is 18.5 Å². The quantitative estimate of drug-likeness (QED) is 0.156. The number of hydrogen-bond donors (Lipinski definition) is 3. The first-order chi connectivity index (χ1) is 22.4. The lowest BCUT2D eigenvalue weighted by atomic mass is 9.94. The topological polar surface area (TPSA) is 114 Å². The van der Waals surface area contributed by atoms with Crippen molar-refractivity contribution in [1.82, 2.24) is 20.2 Å². The van der Waals surface area contributed by atoms with E-state index in [1.165, 1.54) is 30.4 Å². The van der Waals surface area contributed by atoms with E-state index in [1.807, 2.05) is 49.4 Å². The van der Waals surface area contributed by atoms with Gasteiger partial charge in [0.25, 0.3) is 5.91 Å². The van der Waals surface area contributed by atoms with E-state index in [9.17, 15) is 10.1 Å². The van der Waals surface area contributed by atoms with Crippen LogP contribution in [0.15, 0.2) is 60.9 Å². The molecule has 236 valence electrons.